The van der Waals surface area contributed by atoms with Gasteiger partial charge < -0.3 is 19.7 Å². The maximum Gasteiger partial charge on any atom is 0.262 e. The van der Waals surface area contributed by atoms with Crippen LogP contribution in [0.3, 0.4) is 0 Å². The zero-order valence-corrected chi connectivity index (χ0v) is 25.6. The van der Waals surface area contributed by atoms with Gasteiger partial charge in [-0.15, -0.1) is 0 Å². The smallest absolute Gasteiger partial charge is 0.262 e. The molecule has 4 aromatic rings. The van der Waals surface area contributed by atoms with Crippen molar-refractivity contribution in [1.82, 2.24) is 18.3 Å². The van der Waals surface area contributed by atoms with Gasteiger partial charge in [0, 0.05) is 28.2 Å². The highest BCUT2D eigenvalue weighted by Crippen LogP contribution is 2.43. The van der Waals surface area contributed by atoms with E-state index in [4.69, 9.17) is 45.5 Å². The summed E-state index contributed by atoms with van der Waals surface area (Å²) >= 11 is 17.3. The molecule has 2 N–H and O–H groups in total. The van der Waals surface area contributed by atoms with Crippen LogP contribution < -0.4 is 20.6 Å². The average molecular weight is 617 g/mol. The predicted molar refractivity (Wildman–Crippen MR) is 161 cm³/mol. The molecule has 10 nitrogen and oxygen atoms in total. The number of aryl methyl sites for hydroxylation is 1. The quantitative estimate of drug-likeness (QED) is 0.295. The van der Waals surface area contributed by atoms with E-state index in [-0.39, 0.29) is 49.4 Å². The van der Waals surface area contributed by atoms with Gasteiger partial charge in [-0.1, -0.05) is 41.4 Å². The SMILES string of the molecule is COc1cc(C(c2c(O)n(C)c(=S)n(C)c2=O)c2c(O)n(C)c(=S)n(C)c2=O)cc(Cl)c1OCc1ccc(C)cc1. The lowest BCUT2D eigenvalue weighted by atomic mass is 9.86. The molecular formula is C28H29ClN4O6S2. The minimum absolute atomic E-state index is 0.0500. The third-order valence-electron chi connectivity index (χ3n) is 7.00. The second kappa shape index (κ2) is 11.6. The van der Waals surface area contributed by atoms with Gasteiger partial charge in [0.05, 0.1) is 29.2 Å². The van der Waals surface area contributed by atoms with Crippen molar-refractivity contribution < 1.29 is 19.7 Å². The predicted octanol–water partition coefficient (Wildman–Crippen LogP) is 4.36. The molecule has 0 saturated carbocycles. The zero-order valence-electron chi connectivity index (χ0n) is 23.3. The first kappa shape index (κ1) is 30.1. The van der Waals surface area contributed by atoms with Crippen molar-refractivity contribution in [3.8, 4) is 23.3 Å². The van der Waals surface area contributed by atoms with Crippen LogP contribution in [0.4, 0.5) is 0 Å². The fraction of sp³-hybridized carbons (Fsp3) is 0.286. The van der Waals surface area contributed by atoms with Crippen LogP contribution in [-0.4, -0.2) is 35.6 Å². The van der Waals surface area contributed by atoms with Gasteiger partial charge in [-0.25, -0.2) is 0 Å². The number of aromatic hydroxyl groups is 2. The van der Waals surface area contributed by atoms with Gasteiger partial charge in [-0.2, -0.15) is 0 Å². The Balaban J connectivity index is 2.02. The molecule has 4 rings (SSSR count). The molecule has 0 amide bonds. The fourth-order valence-corrected chi connectivity index (χ4v) is 5.20. The topological polar surface area (TPSA) is 113 Å². The van der Waals surface area contributed by atoms with Crippen molar-refractivity contribution in [3.05, 3.63) is 99.5 Å². The van der Waals surface area contributed by atoms with Crippen molar-refractivity contribution in [3.63, 3.8) is 0 Å². The van der Waals surface area contributed by atoms with E-state index in [1.807, 2.05) is 31.2 Å². The second-order valence-electron chi connectivity index (χ2n) is 9.63. The molecule has 0 bridgehead atoms. The number of hydrogen-bond acceptors (Lipinski definition) is 8. The third-order valence-corrected chi connectivity index (χ3v) is 8.38. The minimum Gasteiger partial charge on any atom is -0.494 e. The Morgan fingerprint density at radius 2 is 1.34 bits per heavy atom. The number of methoxy groups -OCH3 is 1. The standard InChI is InChI=1S/C28H29ClN4O6S2/c1-14-7-9-15(10-8-14)13-39-22-17(29)11-16(12-18(22)38-6)19(20-23(34)30(2)27(40)31(3)24(20)35)21-25(36)32(4)28(41)33(5)26(21)37/h7-12,19,34,36H,13H2,1-6H3. The van der Waals surface area contributed by atoms with Gasteiger partial charge in [0.2, 0.25) is 11.8 Å². The van der Waals surface area contributed by atoms with E-state index in [1.54, 1.807) is 6.07 Å². The van der Waals surface area contributed by atoms with E-state index in [0.717, 1.165) is 20.3 Å². The Morgan fingerprint density at radius 1 is 0.854 bits per heavy atom. The summed E-state index contributed by atoms with van der Waals surface area (Å²) in [5.41, 5.74) is 0.528. The first-order chi connectivity index (χ1) is 19.3. The van der Waals surface area contributed by atoms with Gasteiger partial charge in [0.25, 0.3) is 11.1 Å². The summed E-state index contributed by atoms with van der Waals surface area (Å²) in [6, 6.07) is 10.8. The maximum atomic E-state index is 13.6. The maximum absolute atomic E-state index is 13.6. The summed E-state index contributed by atoms with van der Waals surface area (Å²) in [6.45, 7) is 2.19. The van der Waals surface area contributed by atoms with E-state index < -0.39 is 28.8 Å². The van der Waals surface area contributed by atoms with Crippen LogP contribution in [0, 0.1) is 16.5 Å². The molecule has 0 fully saturated rings. The van der Waals surface area contributed by atoms with E-state index >= 15 is 0 Å². The minimum atomic E-state index is -1.31. The number of aromatic nitrogens is 4. The number of ether oxygens (including phenoxy) is 2. The van der Waals surface area contributed by atoms with Crippen molar-refractivity contribution in [2.75, 3.05) is 7.11 Å². The molecule has 0 radical (unpaired) electrons. The molecule has 41 heavy (non-hydrogen) atoms. The number of halogens is 1. The van der Waals surface area contributed by atoms with Gasteiger partial charge in [-0.05, 0) is 54.6 Å². The summed E-state index contributed by atoms with van der Waals surface area (Å²) in [7, 11) is 7.29. The molecule has 0 unspecified atom stereocenters. The third kappa shape index (κ3) is 5.30. The Labute approximate surface area is 250 Å². The molecule has 2 aromatic carbocycles. The molecule has 2 aromatic heterocycles. The van der Waals surface area contributed by atoms with Gasteiger partial charge in [-0.3, -0.25) is 27.9 Å². The summed E-state index contributed by atoms with van der Waals surface area (Å²) in [4.78, 5) is 27.2. The molecule has 0 aliphatic rings. The lowest BCUT2D eigenvalue weighted by Crippen LogP contribution is -2.33. The summed E-state index contributed by atoms with van der Waals surface area (Å²) in [5.74, 6) is -1.82. The number of hydrogen-bond donors (Lipinski definition) is 2. The van der Waals surface area contributed by atoms with Crippen LogP contribution in [0.5, 0.6) is 23.3 Å². The number of benzene rings is 2. The zero-order chi connectivity index (χ0) is 30.3. The summed E-state index contributed by atoms with van der Waals surface area (Å²) < 4.78 is 16.5. The molecule has 0 aliphatic heterocycles. The molecule has 0 aliphatic carbocycles. The normalized spacial score (nSPS) is 11.2. The van der Waals surface area contributed by atoms with Crippen LogP contribution in [-0.2, 0) is 34.8 Å². The Kier molecular flexibility index (Phi) is 8.48. The van der Waals surface area contributed by atoms with Crippen LogP contribution in [0.15, 0.2) is 46.0 Å². The van der Waals surface area contributed by atoms with Gasteiger partial charge in [0.1, 0.15) is 6.61 Å². The lowest BCUT2D eigenvalue weighted by Gasteiger charge is -2.24. The van der Waals surface area contributed by atoms with Crippen molar-refractivity contribution >= 4 is 36.0 Å². The van der Waals surface area contributed by atoms with Crippen LogP contribution >= 0.6 is 36.0 Å². The van der Waals surface area contributed by atoms with E-state index in [1.165, 1.54) is 50.5 Å². The molecular weight excluding hydrogens is 588 g/mol. The van der Waals surface area contributed by atoms with Crippen molar-refractivity contribution in [2.24, 2.45) is 28.2 Å². The van der Waals surface area contributed by atoms with E-state index in [0.29, 0.717) is 0 Å². The average Bonchev–Trinajstić information content (AvgIpc) is 2.96. The van der Waals surface area contributed by atoms with Gasteiger partial charge in [0.15, 0.2) is 21.0 Å². The molecule has 0 atom stereocenters. The molecule has 2 heterocycles. The van der Waals surface area contributed by atoms with Crippen LogP contribution in [0.2, 0.25) is 5.02 Å². The van der Waals surface area contributed by atoms with Gasteiger partial charge >= 0.3 is 0 Å². The Hall–Kier alpha value is -3.87. The van der Waals surface area contributed by atoms with E-state index in [2.05, 4.69) is 0 Å². The highest BCUT2D eigenvalue weighted by molar-refractivity contribution is 7.71. The Morgan fingerprint density at radius 3 is 1.80 bits per heavy atom. The molecule has 216 valence electrons. The summed E-state index contributed by atoms with van der Waals surface area (Å²) in [6.07, 6.45) is 0. The first-order valence-corrected chi connectivity index (χ1v) is 13.5. The van der Waals surface area contributed by atoms with Crippen LogP contribution in [0.1, 0.15) is 33.7 Å². The molecule has 13 heteroatoms. The molecule has 0 spiro atoms. The van der Waals surface area contributed by atoms with Crippen molar-refractivity contribution in [2.45, 2.75) is 19.4 Å². The monoisotopic (exact) mass is 616 g/mol. The van der Waals surface area contributed by atoms with E-state index in [9.17, 15) is 19.8 Å². The summed E-state index contributed by atoms with van der Waals surface area (Å²) in [5, 5.41) is 22.5. The second-order valence-corrected chi connectivity index (χ2v) is 10.8. The number of nitrogens with zero attached hydrogens (tertiary/aromatic N) is 4. The lowest BCUT2D eigenvalue weighted by molar-refractivity contribution is 0.284. The molecule has 0 saturated heterocycles. The van der Waals surface area contributed by atoms with Crippen LogP contribution in [0.25, 0.3) is 0 Å². The Bertz CT molecular complexity index is 1820. The highest BCUT2D eigenvalue weighted by atomic mass is 35.5. The largest absolute Gasteiger partial charge is 0.494 e. The number of rotatable bonds is 7. The van der Waals surface area contributed by atoms with Crippen molar-refractivity contribution in [1.29, 1.82) is 0 Å². The highest BCUT2D eigenvalue weighted by Gasteiger charge is 2.33. The first-order valence-electron chi connectivity index (χ1n) is 12.3. The fourth-order valence-electron chi connectivity index (χ4n) is 4.59.